The maximum Gasteiger partial charge on any atom is 0.245 e. The first-order valence-electron chi connectivity index (χ1n) is 8.84. The number of piperidine rings is 1. The molecule has 27 heavy (non-hydrogen) atoms. The third-order valence-corrected chi connectivity index (χ3v) is 6.83. The summed E-state index contributed by atoms with van der Waals surface area (Å²) in [6.45, 7) is 1.71. The van der Waals surface area contributed by atoms with Gasteiger partial charge in [0.2, 0.25) is 15.9 Å². The van der Waals surface area contributed by atoms with Crippen LogP contribution >= 0.6 is 12.4 Å². The van der Waals surface area contributed by atoms with Crippen molar-refractivity contribution in [3.63, 3.8) is 0 Å². The van der Waals surface area contributed by atoms with E-state index in [9.17, 15) is 22.0 Å². The van der Waals surface area contributed by atoms with Crippen LogP contribution in [0.4, 0.5) is 8.78 Å². The van der Waals surface area contributed by atoms with E-state index in [2.05, 4.69) is 10.6 Å². The summed E-state index contributed by atoms with van der Waals surface area (Å²) in [6, 6.07) is 2.29. The van der Waals surface area contributed by atoms with Gasteiger partial charge < -0.3 is 10.6 Å². The van der Waals surface area contributed by atoms with Crippen LogP contribution in [0, 0.1) is 17.6 Å². The number of sulfonamides is 1. The molecule has 2 unspecified atom stereocenters. The number of rotatable bonds is 5. The SMILES string of the molecule is Cl.O=C(NCC1CCCN(S(=O)(=O)c2ccc(F)cc2F)C1)C1CCCN1. The van der Waals surface area contributed by atoms with Crippen molar-refractivity contribution in [3.05, 3.63) is 29.8 Å². The second-order valence-corrected chi connectivity index (χ2v) is 8.75. The van der Waals surface area contributed by atoms with Crippen molar-refractivity contribution in [2.75, 3.05) is 26.2 Å². The number of nitrogens with zero attached hydrogens (tertiary/aromatic N) is 1. The van der Waals surface area contributed by atoms with Crippen molar-refractivity contribution in [2.24, 2.45) is 5.92 Å². The molecule has 2 atom stereocenters. The molecule has 3 rings (SSSR count). The van der Waals surface area contributed by atoms with E-state index in [0.717, 1.165) is 37.9 Å². The molecule has 1 aromatic carbocycles. The molecule has 2 N–H and O–H groups in total. The number of halogens is 3. The zero-order chi connectivity index (χ0) is 18.7. The molecule has 10 heteroatoms. The summed E-state index contributed by atoms with van der Waals surface area (Å²) in [5, 5.41) is 6.00. The fourth-order valence-electron chi connectivity index (χ4n) is 3.51. The summed E-state index contributed by atoms with van der Waals surface area (Å²) in [7, 11) is -4.03. The molecule has 2 aliphatic heterocycles. The topological polar surface area (TPSA) is 78.5 Å². The van der Waals surface area contributed by atoms with E-state index in [0.29, 0.717) is 19.0 Å². The highest BCUT2D eigenvalue weighted by molar-refractivity contribution is 7.89. The lowest BCUT2D eigenvalue weighted by atomic mass is 9.99. The highest BCUT2D eigenvalue weighted by Gasteiger charge is 2.32. The van der Waals surface area contributed by atoms with Gasteiger partial charge in [-0.1, -0.05) is 0 Å². The Morgan fingerprint density at radius 3 is 2.70 bits per heavy atom. The van der Waals surface area contributed by atoms with Gasteiger partial charge in [0, 0.05) is 25.7 Å². The zero-order valence-corrected chi connectivity index (χ0v) is 16.4. The van der Waals surface area contributed by atoms with Crippen LogP contribution in [0.5, 0.6) is 0 Å². The van der Waals surface area contributed by atoms with Crippen LogP contribution in [-0.4, -0.2) is 50.9 Å². The lowest BCUT2D eigenvalue weighted by Crippen LogP contribution is -2.46. The van der Waals surface area contributed by atoms with Gasteiger partial charge in [-0.3, -0.25) is 4.79 Å². The molecule has 2 fully saturated rings. The van der Waals surface area contributed by atoms with E-state index < -0.39 is 26.6 Å². The standard InChI is InChI=1S/C17H23F2N3O3S.ClH/c18-13-5-6-16(14(19)9-13)26(24,25)22-8-2-3-12(11-22)10-21-17(23)15-4-1-7-20-15;/h5-6,9,12,15,20H,1-4,7-8,10-11H2,(H,21,23);1H. The van der Waals surface area contributed by atoms with E-state index >= 15 is 0 Å². The Morgan fingerprint density at radius 1 is 1.26 bits per heavy atom. The quantitative estimate of drug-likeness (QED) is 0.755. The highest BCUT2D eigenvalue weighted by Crippen LogP contribution is 2.25. The Bertz CT molecular complexity index is 773. The van der Waals surface area contributed by atoms with Gasteiger partial charge in [-0.2, -0.15) is 4.31 Å². The third-order valence-electron chi connectivity index (χ3n) is 4.94. The number of amides is 1. The summed E-state index contributed by atoms with van der Waals surface area (Å²) in [4.78, 5) is 11.6. The van der Waals surface area contributed by atoms with E-state index in [-0.39, 0.29) is 43.4 Å². The first kappa shape index (κ1) is 22.0. The lowest BCUT2D eigenvalue weighted by Gasteiger charge is -2.32. The maximum atomic E-state index is 13.9. The fraction of sp³-hybridized carbons (Fsp3) is 0.588. The molecule has 0 spiro atoms. The Kier molecular flexibility index (Phi) is 7.55. The molecule has 0 aliphatic carbocycles. The van der Waals surface area contributed by atoms with E-state index in [1.54, 1.807) is 0 Å². The molecule has 0 radical (unpaired) electrons. The van der Waals surface area contributed by atoms with Crippen molar-refractivity contribution in [1.82, 2.24) is 14.9 Å². The minimum absolute atomic E-state index is 0. The van der Waals surface area contributed by atoms with Gasteiger partial charge >= 0.3 is 0 Å². The molecule has 2 aliphatic rings. The van der Waals surface area contributed by atoms with Gasteiger partial charge in [-0.15, -0.1) is 12.4 Å². The number of nitrogens with one attached hydrogen (secondary N) is 2. The fourth-order valence-corrected chi connectivity index (χ4v) is 5.11. The van der Waals surface area contributed by atoms with Crippen molar-refractivity contribution in [3.8, 4) is 0 Å². The number of carbonyl (C=O) groups is 1. The smallest absolute Gasteiger partial charge is 0.245 e. The zero-order valence-electron chi connectivity index (χ0n) is 14.8. The van der Waals surface area contributed by atoms with Gasteiger partial charge in [-0.05, 0) is 50.3 Å². The second-order valence-electron chi connectivity index (χ2n) is 6.84. The molecule has 6 nitrogen and oxygen atoms in total. The maximum absolute atomic E-state index is 13.9. The minimum atomic E-state index is -4.03. The molecule has 2 heterocycles. The van der Waals surface area contributed by atoms with Crippen LogP contribution < -0.4 is 10.6 Å². The van der Waals surface area contributed by atoms with Crippen LogP contribution in [0.15, 0.2) is 23.1 Å². The summed E-state index contributed by atoms with van der Waals surface area (Å²) in [6.07, 6.45) is 3.19. The third kappa shape index (κ3) is 5.16. The van der Waals surface area contributed by atoms with Gasteiger partial charge in [-0.25, -0.2) is 17.2 Å². The van der Waals surface area contributed by atoms with Crippen LogP contribution in [0.1, 0.15) is 25.7 Å². The van der Waals surface area contributed by atoms with Crippen LogP contribution in [0.2, 0.25) is 0 Å². The van der Waals surface area contributed by atoms with Gasteiger partial charge in [0.1, 0.15) is 16.5 Å². The van der Waals surface area contributed by atoms with E-state index in [4.69, 9.17) is 0 Å². The van der Waals surface area contributed by atoms with Crippen molar-refractivity contribution in [1.29, 1.82) is 0 Å². The summed E-state index contributed by atoms with van der Waals surface area (Å²) in [5.74, 6) is -2.01. The Labute approximate surface area is 164 Å². The second kappa shape index (κ2) is 9.27. The highest BCUT2D eigenvalue weighted by atomic mass is 35.5. The Balaban J connectivity index is 0.00000261. The van der Waals surface area contributed by atoms with Crippen molar-refractivity contribution >= 4 is 28.3 Å². The van der Waals surface area contributed by atoms with Gasteiger partial charge in [0.25, 0.3) is 0 Å². The normalized spacial score (nSPS) is 23.6. The number of hydrogen-bond donors (Lipinski definition) is 2. The van der Waals surface area contributed by atoms with Crippen molar-refractivity contribution < 1.29 is 22.0 Å². The largest absolute Gasteiger partial charge is 0.354 e. The average molecular weight is 424 g/mol. The number of hydrogen-bond acceptors (Lipinski definition) is 4. The predicted octanol–water partition coefficient (Wildman–Crippen LogP) is 1.66. The average Bonchev–Trinajstić information content (AvgIpc) is 3.14. The molecule has 0 aromatic heterocycles. The first-order chi connectivity index (χ1) is 12.4. The first-order valence-corrected chi connectivity index (χ1v) is 10.3. The molecule has 1 aromatic rings. The van der Waals surface area contributed by atoms with Gasteiger partial charge in [0.15, 0.2) is 0 Å². The summed E-state index contributed by atoms with van der Waals surface area (Å²) < 4.78 is 53.5. The molecule has 2 saturated heterocycles. The molecule has 1 amide bonds. The van der Waals surface area contributed by atoms with Gasteiger partial charge in [0.05, 0.1) is 6.04 Å². The summed E-state index contributed by atoms with van der Waals surface area (Å²) in [5.41, 5.74) is 0. The van der Waals surface area contributed by atoms with Crippen LogP contribution in [-0.2, 0) is 14.8 Å². The molecule has 0 bridgehead atoms. The number of benzene rings is 1. The Hall–Kier alpha value is -1.29. The molecular weight excluding hydrogens is 400 g/mol. The molecular formula is C17H24ClF2N3O3S. The summed E-state index contributed by atoms with van der Waals surface area (Å²) >= 11 is 0. The van der Waals surface area contributed by atoms with E-state index in [1.165, 1.54) is 4.31 Å². The number of carbonyl (C=O) groups excluding carboxylic acids is 1. The Morgan fingerprint density at radius 2 is 2.04 bits per heavy atom. The minimum Gasteiger partial charge on any atom is -0.354 e. The monoisotopic (exact) mass is 423 g/mol. The molecule has 152 valence electrons. The van der Waals surface area contributed by atoms with Crippen LogP contribution in [0.3, 0.4) is 0 Å². The van der Waals surface area contributed by atoms with E-state index in [1.807, 2.05) is 0 Å². The van der Waals surface area contributed by atoms with Crippen molar-refractivity contribution in [2.45, 2.75) is 36.6 Å². The van der Waals surface area contributed by atoms with Crippen LogP contribution in [0.25, 0.3) is 0 Å². The molecule has 0 saturated carbocycles. The predicted molar refractivity (Wildman–Crippen MR) is 99.1 cm³/mol. The lowest BCUT2D eigenvalue weighted by molar-refractivity contribution is -0.123.